The minimum atomic E-state index is -0.661. The molecule has 1 aliphatic heterocycles. The zero-order chi connectivity index (χ0) is 22.8. The van der Waals surface area contributed by atoms with Crippen LogP contribution in [0.15, 0.2) is 47.5 Å². The topological polar surface area (TPSA) is 158 Å². The number of aliphatic imine (C=N–C) groups is 1. The number of nitrogens with two attached hydrogens (primary N) is 2. The van der Waals surface area contributed by atoms with Gasteiger partial charge < -0.3 is 21.5 Å². The third-order valence-electron chi connectivity index (χ3n) is 5.06. The van der Waals surface area contributed by atoms with Gasteiger partial charge in [0.2, 0.25) is 5.96 Å². The lowest BCUT2D eigenvalue weighted by Crippen LogP contribution is -2.32. The smallest absolute Gasteiger partial charge is 0.211 e. The summed E-state index contributed by atoms with van der Waals surface area (Å²) in [5.41, 5.74) is 14.8. The molecule has 1 aromatic heterocycles. The van der Waals surface area contributed by atoms with E-state index in [4.69, 9.17) is 21.5 Å². The third kappa shape index (κ3) is 3.46. The summed E-state index contributed by atoms with van der Waals surface area (Å²) in [5, 5.41) is 23.8. The Morgan fingerprint density at radius 3 is 2.56 bits per heavy atom. The van der Waals surface area contributed by atoms with Gasteiger partial charge in [-0.25, -0.2) is 14.4 Å². The molecular weight excluding hydrogens is 411 g/mol. The number of hydrogen-bond acceptors (Lipinski definition) is 9. The van der Waals surface area contributed by atoms with E-state index in [1.165, 1.54) is 19.2 Å². The molecule has 0 fully saturated rings. The summed E-state index contributed by atoms with van der Waals surface area (Å²) in [6.45, 7) is 0. The summed E-state index contributed by atoms with van der Waals surface area (Å²) in [4.78, 5) is 8.74. The molecule has 3 aromatic rings. The number of nitrogens with one attached hydrogen (secondary N) is 2. The summed E-state index contributed by atoms with van der Waals surface area (Å²) < 4.78 is 19.1. The van der Waals surface area contributed by atoms with Crippen molar-refractivity contribution in [3.8, 4) is 29.1 Å². The number of nitriles is 2. The molecule has 0 amide bonds. The Kier molecular flexibility index (Phi) is 5.19. The van der Waals surface area contributed by atoms with Crippen LogP contribution in [0.5, 0.6) is 5.75 Å². The molecule has 1 aliphatic rings. The van der Waals surface area contributed by atoms with E-state index in [1.54, 1.807) is 36.5 Å². The molecule has 9 nitrogen and oxygen atoms in total. The van der Waals surface area contributed by atoms with Crippen molar-refractivity contribution in [2.75, 3.05) is 23.9 Å². The Bertz CT molecular complexity index is 1320. The quantitative estimate of drug-likeness (QED) is 0.366. The average molecular weight is 428 g/mol. The van der Waals surface area contributed by atoms with Crippen molar-refractivity contribution >= 4 is 23.3 Å². The van der Waals surface area contributed by atoms with E-state index < -0.39 is 6.04 Å². The van der Waals surface area contributed by atoms with Crippen LogP contribution in [0.1, 0.15) is 22.7 Å². The van der Waals surface area contributed by atoms with Crippen LogP contribution >= 0.6 is 0 Å². The van der Waals surface area contributed by atoms with Crippen molar-refractivity contribution in [2.24, 2.45) is 4.99 Å². The van der Waals surface area contributed by atoms with Crippen LogP contribution in [0.2, 0.25) is 0 Å². The van der Waals surface area contributed by atoms with E-state index in [0.717, 1.165) is 5.56 Å². The van der Waals surface area contributed by atoms with Crippen LogP contribution in [-0.4, -0.2) is 18.1 Å². The molecule has 0 radical (unpaired) electrons. The molecule has 158 valence electrons. The van der Waals surface area contributed by atoms with Crippen molar-refractivity contribution in [1.29, 1.82) is 10.5 Å². The van der Waals surface area contributed by atoms with E-state index >= 15 is 0 Å². The fraction of sp³-hybridized carbons (Fsp3) is 0.0909. The molecule has 6 N–H and O–H groups in total. The highest BCUT2D eigenvalue weighted by molar-refractivity contribution is 5.98. The molecule has 0 aliphatic carbocycles. The predicted molar refractivity (Wildman–Crippen MR) is 118 cm³/mol. The molecule has 32 heavy (non-hydrogen) atoms. The Labute approximate surface area is 182 Å². The first kappa shape index (κ1) is 20.4. The summed E-state index contributed by atoms with van der Waals surface area (Å²) >= 11 is 0. The minimum Gasteiger partial charge on any atom is -0.496 e. The van der Waals surface area contributed by atoms with Gasteiger partial charge in [0.15, 0.2) is 6.19 Å². The number of benzene rings is 2. The van der Waals surface area contributed by atoms with Crippen molar-refractivity contribution in [3.63, 3.8) is 0 Å². The van der Waals surface area contributed by atoms with E-state index in [-0.39, 0.29) is 28.8 Å². The van der Waals surface area contributed by atoms with Crippen LogP contribution in [0.25, 0.3) is 11.1 Å². The summed E-state index contributed by atoms with van der Waals surface area (Å²) in [6, 6.07) is 12.8. The number of nitrogens with zero attached hydrogens (tertiary/aromatic N) is 4. The second-order valence-electron chi connectivity index (χ2n) is 6.87. The fourth-order valence-electron chi connectivity index (χ4n) is 3.57. The number of nitrogen functional groups attached to an aromatic ring is 2. The molecule has 0 saturated carbocycles. The lowest BCUT2D eigenvalue weighted by molar-refractivity contribution is 0.415. The van der Waals surface area contributed by atoms with Crippen molar-refractivity contribution in [2.45, 2.75) is 6.04 Å². The first-order valence-corrected chi connectivity index (χ1v) is 9.39. The van der Waals surface area contributed by atoms with E-state index in [9.17, 15) is 9.65 Å². The number of halogens is 1. The third-order valence-corrected chi connectivity index (χ3v) is 5.06. The van der Waals surface area contributed by atoms with Crippen molar-refractivity contribution < 1.29 is 9.13 Å². The number of anilines is 3. The highest BCUT2D eigenvalue weighted by Crippen LogP contribution is 2.41. The second kappa shape index (κ2) is 8.13. The lowest BCUT2D eigenvalue weighted by Gasteiger charge is -2.26. The highest BCUT2D eigenvalue weighted by Gasteiger charge is 2.29. The fourth-order valence-corrected chi connectivity index (χ4v) is 3.57. The van der Waals surface area contributed by atoms with Gasteiger partial charge in [-0.05, 0) is 29.3 Å². The van der Waals surface area contributed by atoms with Gasteiger partial charge in [0.25, 0.3) is 0 Å². The summed E-state index contributed by atoms with van der Waals surface area (Å²) in [5.74, 6) is 0.591. The Hall–Kier alpha value is -4.83. The molecule has 2 aromatic carbocycles. The zero-order valence-corrected chi connectivity index (χ0v) is 16.8. The van der Waals surface area contributed by atoms with Crippen molar-refractivity contribution in [1.82, 2.24) is 10.3 Å². The van der Waals surface area contributed by atoms with E-state index in [0.29, 0.717) is 28.3 Å². The number of hydrogen-bond donors (Lipinski definition) is 4. The predicted octanol–water partition coefficient (Wildman–Crippen LogP) is 2.87. The molecule has 4 rings (SSSR count). The Morgan fingerprint density at radius 2 is 1.91 bits per heavy atom. The number of aromatic nitrogens is 1. The minimum absolute atomic E-state index is 0.0262. The van der Waals surface area contributed by atoms with Crippen LogP contribution < -0.4 is 26.8 Å². The van der Waals surface area contributed by atoms with Gasteiger partial charge in [0, 0.05) is 11.1 Å². The number of fused-ring (bicyclic) bond motifs is 1. The molecular formula is C22H17FN8O. The van der Waals surface area contributed by atoms with Gasteiger partial charge in [-0.1, -0.05) is 24.3 Å². The second-order valence-corrected chi connectivity index (χ2v) is 6.87. The van der Waals surface area contributed by atoms with Crippen molar-refractivity contribution in [3.05, 3.63) is 65.0 Å². The SMILES string of the molecule is COc1ccc(F)cc1-c1ccc(C2N=C(NC#N)Nc3nc(N)c(C#N)c(N)c32)cc1. The maximum Gasteiger partial charge on any atom is 0.211 e. The Morgan fingerprint density at radius 1 is 1.16 bits per heavy atom. The lowest BCUT2D eigenvalue weighted by atomic mass is 9.93. The van der Waals surface area contributed by atoms with Crippen LogP contribution in [0.3, 0.4) is 0 Å². The van der Waals surface area contributed by atoms with Crippen LogP contribution in [0.4, 0.5) is 21.7 Å². The van der Waals surface area contributed by atoms with Gasteiger partial charge in [0.05, 0.1) is 12.8 Å². The number of ether oxygens (including phenoxy) is 1. The van der Waals surface area contributed by atoms with Gasteiger partial charge in [-0.3, -0.25) is 5.32 Å². The van der Waals surface area contributed by atoms with Crippen LogP contribution in [-0.2, 0) is 0 Å². The van der Waals surface area contributed by atoms with E-state index in [1.807, 2.05) is 6.07 Å². The standard InChI is InChI=1S/C22H17FN8O/c1-32-16-7-6-13(23)8-14(16)11-2-4-12(5-3-11)19-17-18(26)15(9-24)20(27)30-21(17)31-22(29-19)28-10-25/h2-8,19H,1H3,(H6,26,27,28,29,30,31). The summed E-state index contributed by atoms with van der Waals surface area (Å²) in [7, 11) is 1.52. The number of methoxy groups -OCH3 is 1. The molecule has 1 atom stereocenters. The van der Waals surface area contributed by atoms with Gasteiger partial charge >= 0.3 is 0 Å². The highest BCUT2D eigenvalue weighted by atomic mass is 19.1. The maximum absolute atomic E-state index is 13.8. The van der Waals surface area contributed by atoms with E-state index in [2.05, 4.69) is 20.6 Å². The zero-order valence-electron chi connectivity index (χ0n) is 16.8. The molecule has 0 bridgehead atoms. The Balaban J connectivity index is 1.82. The van der Waals surface area contributed by atoms with Gasteiger partial charge in [-0.15, -0.1) is 0 Å². The molecule has 2 heterocycles. The largest absolute Gasteiger partial charge is 0.496 e. The average Bonchev–Trinajstić information content (AvgIpc) is 2.79. The molecule has 0 saturated heterocycles. The molecule has 1 unspecified atom stereocenters. The first-order valence-electron chi connectivity index (χ1n) is 9.39. The van der Waals surface area contributed by atoms with Crippen LogP contribution in [0, 0.1) is 28.6 Å². The molecule has 0 spiro atoms. The number of guanidine groups is 1. The number of pyridine rings is 1. The first-order chi connectivity index (χ1) is 15.5. The normalized spacial score (nSPS) is 14.2. The number of rotatable bonds is 3. The van der Waals surface area contributed by atoms with Gasteiger partial charge in [-0.2, -0.15) is 10.5 Å². The van der Waals surface area contributed by atoms with Gasteiger partial charge in [0.1, 0.15) is 40.9 Å². The maximum atomic E-state index is 13.8. The monoisotopic (exact) mass is 428 g/mol. The molecule has 10 heteroatoms. The summed E-state index contributed by atoms with van der Waals surface area (Å²) in [6.07, 6.45) is 1.81.